The molecule has 3 unspecified atom stereocenters. The Morgan fingerprint density at radius 2 is 2.11 bits per heavy atom. The third kappa shape index (κ3) is 3.69. The van der Waals surface area contributed by atoms with Crippen LogP contribution in [0.1, 0.15) is 44.2 Å². The van der Waals surface area contributed by atoms with E-state index in [4.69, 9.17) is 0 Å². The molecule has 2 rings (SSSR count). The number of hydrogen-bond donors (Lipinski definition) is 1. The SMILES string of the molecule is CSC1CCCC(NC(C)c2cccc(F)c2F)C1. The Kier molecular flexibility index (Phi) is 5.22. The molecule has 1 fully saturated rings. The molecule has 1 saturated carbocycles. The van der Waals surface area contributed by atoms with E-state index in [0.29, 0.717) is 16.9 Å². The lowest BCUT2D eigenvalue weighted by Crippen LogP contribution is -2.37. The summed E-state index contributed by atoms with van der Waals surface area (Å²) in [4.78, 5) is 0. The van der Waals surface area contributed by atoms with E-state index in [1.165, 1.54) is 12.8 Å². The molecule has 0 spiro atoms. The van der Waals surface area contributed by atoms with Gasteiger partial charge >= 0.3 is 0 Å². The Balaban J connectivity index is 2.00. The van der Waals surface area contributed by atoms with Gasteiger partial charge in [-0.3, -0.25) is 0 Å². The van der Waals surface area contributed by atoms with E-state index in [2.05, 4.69) is 11.6 Å². The first-order chi connectivity index (χ1) is 9.11. The molecule has 4 heteroatoms. The van der Waals surface area contributed by atoms with E-state index in [9.17, 15) is 8.78 Å². The van der Waals surface area contributed by atoms with Crippen LogP contribution in [-0.2, 0) is 0 Å². The summed E-state index contributed by atoms with van der Waals surface area (Å²) in [7, 11) is 0. The van der Waals surface area contributed by atoms with E-state index in [0.717, 1.165) is 18.9 Å². The zero-order valence-electron chi connectivity index (χ0n) is 11.5. The highest BCUT2D eigenvalue weighted by molar-refractivity contribution is 7.99. The molecule has 0 amide bonds. The third-order valence-corrected chi connectivity index (χ3v) is 4.99. The van der Waals surface area contributed by atoms with Crippen molar-refractivity contribution in [2.45, 2.75) is 49.9 Å². The quantitative estimate of drug-likeness (QED) is 0.885. The standard InChI is InChI=1S/C15H21F2NS/c1-10(13-7-4-8-14(16)15(13)17)18-11-5-3-6-12(9-11)19-2/h4,7-8,10-12,18H,3,5-6,9H2,1-2H3. The van der Waals surface area contributed by atoms with Crippen LogP contribution in [0.25, 0.3) is 0 Å². The lowest BCUT2D eigenvalue weighted by molar-refractivity contribution is 0.347. The molecule has 0 aliphatic heterocycles. The van der Waals surface area contributed by atoms with Gasteiger partial charge in [-0.2, -0.15) is 11.8 Å². The summed E-state index contributed by atoms with van der Waals surface area (Å²) in [5, 5.41) is 4.14. The highest BCUT2D eigenvalue weighted by Gasteiger charge is 2.23. The largest absolute Gasteiger partial charge is 0.307 e. The second-order valence-corrected chi connectivity index (χ2v) is 6.39. The minimum atomic E-state index is -0.767. The lowest BCUT2D eigenvalue weighted by Gasteiger charge is -2.31. The lowest BCUT2D eigenvalue weighted by atomic mass is 9.93. The Bertz CT molecular complexity index is 425. The highest BCUT2D eigenvalue weighted by atomic mass is 32.2. The van der Waals surface area contributed by atoms with Crippen LogP contribution >= 0.6 is 11.8 Å². The van der Waals surface area contributed by atoms with Gasteiger partial charge in [0.2, 0.25) is 0 Å². The van der Waals surface area contributed by atoms with Gasteiger partial charge in [-0.15, -0.1) is 0 Å². The molecule has 1 N–H and O–H groups in total. The van der Waals surface area contributed by atoms with Crippen molar-refractivity contribution < 1.29 is 8.78 Å². The molecule has 0 radical (unpaired) electrons. The maximum absolute atomic E-state index is 13.7. The number of hydrogen-bond acceptors (Lipinski definition) is 2. The molecule has 0 saturated heterocycles. The van der Waals surface area contributed by atoms with E-state index in [-0.39, 0.29) is 6.04 Å². The summed E-state index contributed by atoms with van der Waals surface area (Å²) < 4.78 is 27.0. The van der Waals surface area contributed by atoms with Crippen LogP contribution in [0.2, 0.25) is 0 Å². The fourth-order valence-corrected chi connectivity index (χ4v) is 3.64. The molecule has 1 aliphatic carbocycles. The normalized spacial score (nSPS) is 25.3. The number of nitrogens with one attached hydrogen (secondary N) is 1. The second kappa shape index (κ2) is 6.71. The van der Waals surface area contributed by atoms with Crippen LogP contribution in [0.5, 0.6) is 0 Å². The fourth-order valence-electron chi connectivity index (χ4n) is 2.81. The van der Waals surface area contributed by atoms with Crippen molar-refractivity contribution in [3.63, 3.8) is 0 Å². The summed E-state index contributed by atoms with van der Waals surface area (Å²) in [5.74, 6) is -1.49. The van der Waals surface area contributed by atoms with Crippen molar-refractivity contribution in [3.8, 4) is 0 Å². The van der Waals surface area contributed by atoms with Crippen LogP contribution in [-0.4, -0.2) is 17.5 Å². The molecular formula is C15H21F2NS. The molecule has 19 heavy (non-hydrogen) atoms. The van der Waals surface area contributed by atoms with Crippen molar-refractivity contribution >= 4 is 11.8 Å². The van der Waals surface area contributed by atoms with Gasteiger partial charge < -0.3 is 5.32 Å². The Hall–Kier alpha value is -0.610. The average Bonchev–Trinajstić information content (AvgIpc) is 2.42. The minimum Gasteiger partial charge on any atom is -0.307 e. The average molecular weight is 285 g/mol. The van der Waals surface area contributed by atoms with Gasteiger partial charge in [0.15, 0.2) is 11.6 Å². The van der Waals surface area contributed by atoms with Gasteiger partial charge in [-0.1, -0.05) is 18.6 Å². The van der Waals surface area contributed by atoms with Gasteiger partial charge in [0.05, 0.1) is 0 Å². The smallest absolute Gasteiger partial charge is 0.163 e. The Morgan fingerprint density at radius 1 is 1.32 bits per heavy atom. The highest BCUT2D eigenvalue weighted by Crippen LogP contribution is 2.29. The van der Waals surface area contributed by atoms with Crippen molar-refractivity contribution in [1.82, 2.24) is 5.32 Å². The topological polar surface area (TPSA) is 12.0 Å². The van der Waals surface area contributed by atoms with E-state index < -0.39 is 11.6 Å². The molecule has 106 valence electrons. The fraction of sp³-hybridized carbons (Fsp3) is 0.600. The molecule has 0 bridgehead atoms. The van der Waals surface area contributed by atoms with Crippen molar-refractivity contribution in [1.29, 1.82) is 0 Å². The number of benzene rings is 1. The molecule has 3 atom stereocenters. The molecule has 1 aliphatic rings. The summed E-state index contributed by atoms with van der Waals surface area (Å²) in [6, 6.07) is 4.64. The zero-order valence-corrected chi connectivity index (χ0v) is 12.3. The second-order valence-electron chi connectivity index (χ2n) is 5.25. The molecule has 1 aromatic rings. The summed E-state index contributed by atoms with van der Waals surface area (Å²) in [6.45, 7) is 1.90. The van der Waals surface area contributed by atoms with Gasteiger partial charge in [-0.05, 0) is 38.5 Å². The minimum absolute atomic E-state index is 0.152. The van der Waals surface area contributed by atoms with Crippen LogP contribution in [0.15, 0.2) is 18.2 Å². The van der Waals surface area contributed by atoms with Crippen LogP contribution < -0.4 is 5.32 Å². The predicted molar refractivity (Wildman–Crippen MR) is 77.5 cm³/mol. The number of rotatable bonds is 4. The van der Waals surface area contributed by atoms with Crippen LogP contribution in [0.3, 0.4) is 0 Å². The summed E-state index contributed by atoms with van der Waals surface area (Å²) >= 11 is 1.90. The third-order valence-electron chi connectivity index (χ3n) is 3.89. The van der Waals surface area contributed by atoms with Gasteiger partial charge in [0, 0.05) is 22.9 Å². The zero-order chi connectivity index (χ0) is 13.8. The monoisotopic (exact) mass is 285 g/mol. The first-order valence-electron chi connectivity index (χ1n) is 6.84. The predicted octanol–water partition coefficient (Wildman–Crippen LogP) is 4.29. The maximum atomic E-state index is 13.7. The molecule has 1 aromatic carbocycles. The first kappa shape index (κ1) is 14.8. The molecule has 1 nitrogen and oxygen atoms in total. The number of thioether (sulfide) groups is 1. The van der Waals surface area contributed by atoms with E-state index >= 15 is 0 Å². The Labute approximate surface area is 118 Å². The van der Waals surface area contributed by atoms with Crippen LogP contribution in [0.4, 0.5) is 8.78 Å². The van der Waals surface area contributed by atoms with Crippen molar-refractivity contribution in [2.24, 2.45) is 0 Å². The molecule has 0 heterocycles. The first-order valence-corrected chi connectivity index (χ1v) is 8.13. The van der Waals surface area contributed by atoms with E-state index in [1.807, 2.05) is 18.7 Å². The van der Waals surface area contributed by atoms with Gasteiger partial charge in [0.25, 0.3) is 0 Å². The Morgan fingerprint density at radius 3 is 2.84 bits per heavy atom. The van der Waals surface area contributed by atoms with Crippen molar-refractivity contribution in [3.05, 3.63) is 35.4 Å². The summed E-state index contributed by atoms with van der Waals surface area (Å²) in [5.41, 5.74) is 0.422. The van der Waals surface area contributed by atoms with Gasteiger partial charge in [0.1, 0.15) is 0 Å². The molecular weight excluding hydrogens is 264 g/mol. The molecule has 0 aromatic heterocycles. The van der Waals surface area contributed by atoms with Crippen LogP contribution in [0, 0.1) is 11.6 Å². The van der Waals surface area contributed by atoms with E-state index in [1.54, 1.807) is 12.1 Å². The van der Waals surface area contributed by atoms with Gasteiger partial charge in [-0.25, -0.2) is 8.78 Å². The number of halogens is 2. The maximum Gasteiger partial charge on any atom is 0.163 e. The van der Waals surface area contributed by atoms with Crippen molar-refractivity contribution in [2.75, 3.05) is 6.26 Å². The summed E-state index contributed by atoms with van der Waals surface area (Å²) in [6.07, 6.45) is 6.85.